The van der Waals surface area contributed by atoms with Crippen LogP contribution in [0.4, 0.5) is 10.5 Å². The highest BCUT2D eigenvalue weighted by molar-refractivity contribution is 5.96. The smallest absolute Gasteiger partial charge is 0.328 e. The van der Waals surface area contributed by atoms with Crippen LogP contribution in [0.3, 0.4) is 0 Å². The van der Waals surface area contributed by atoms with Gasteiger partial charge in [-0.25, -0.2) is 9.59 Å². The fourth-order valence-corrected chi connectivity index (χ4v) is 1.94. The summed E-state index contributed by atoms with van der Waals surface area (Å²) in [5, 5.41) is 5.21. The molecule has 120 valence electrons. The van der Waals surface area contributed by atoms with E-state index in [1.54, 1.807) is 24.3 Å². The molecule has 6 nitrogen and oxygen atoms in total. The van der Waals surface area contributed by atoms with Gasteiger partial charge in [0.25, 0.3) is 0 Å². The van der Waals surface area contributed by atoms with Crippen LogP contribution in [-0.2, 0) is 9.53 Å². The fraction of sp³-hybridized carbons (Fsp3) is 0.438. The number of hydrogen-bond acceptors (Lipinski definition) is 4. The summed E-state index contributed by atoms with van der Waals surface area (Å²) in [6.45, 7) is 5.38. The number of urea groups is 1. The third-order valence-electron chi connectivity index (χ3n) is 3.05. The number of ketones is 1. The van der Waals surface area contributed by atoms with Crippen molar-refractivity contribution in [2.45, 2.75) is 33.2 Å². The molecule has 2 N–H and O–H groups in total. The Morgan fingerprint density at radius 2 is 1.73 bits per heavy atom. The van der Waals surface area contributed by atoms with Gasteiger partial charge in [0.15, 0.2) is 5.78 Å². The van der Waals surface area contributed by atoms with E-state index in [2.05, 4.69) is 15.4 Å². The molecule has 0 saturated carbocycles. The van der Waals surface area contributed by atoms with Crippen molar-refractivity contribution in [1.29, 1.82) is 0 Å². The first-order chi connectivity index (χ1) is 10.3. The van der Waals surface area contributed by atoms with E-state index in [4.69, 9.17) is 0 Å². The van der Waals surface area contributed by atoms with E-state index in [-0.39, 0.29) is 11.7 Å². The van der Waals surface area contributed by atoms with Gasteiger partial charge < -0.3 is 15.4 Å². The minimum absolute atomic E-state index is 0.0429. The number of carbonyl (C=O) groups excluding carboxylic acids is 3. The van der Waals surface area contributed by atoms with Gasteiger partial charge in [-0.2, -0.15) is 0 Å². The largest absolute Gasteiger partial charge is 0.467 e. The molecule has 22 heavy (non-hydrogen) atoms. The van der Waals surface area contributed by atoms with E-state index < -0.39 is 18.0 Å². The lowest BCUT2D eigenvalue weighted by Crippen LogP contribution is -2.44. The van der Waals surface area contributed by atoms with Crippen LogP contribution in [-0.4, -0.2) is 30.9 Å². The molecule has 6 heteroatoms. The van der Waals surface area contributed by atoms with Gasteiger partial charge in [0.05, 0.1) is 7.11 Å². The molecule has 0 radical (unpaired) electrons. The molecule has 0 spiro atoms. The second-order valence-corrected chi connectivity index (χ2v) is 5.44. The Kier molecular flexibility index (Phi) is 6.56. The van der Waals surface area contributed by atoms with Crippen molar-refractivity contribution >= 4 is 23.5 Å². The molecule has 1 aromatic rings. The Labute approximate surface area is 130 Å². The van der Waals surface area contributed by atoms with Crippen molar-refractivity contribution in [2.24, 2.45) is 5.92 Å². The molecule has 0 unspecified atom stereocenters. The molecule has 0 heterocycles. The van der Waals surface area contributed by atoms with E-state index in [0.717, 1.165) is 0 Å². The maximum absolute atomic E-state index is 11.9. The lowest BCUT2D eigenvalue weighted by molar-refractivity contribution is -0.143. The lowest BCUT2D eigenvalue weighted by atomic mass is 10.0. The summed E-state index contributed by atoms with van der Waals surface area (Å²) in [6, 6.07) is 5.33. The zero-order valence-electron chi connectivity index (χ0n) is 13.3. The minimum Gasteiger partial charge on any atom is -0.467 e. The second-order valence-electron chi connectivity index (χ2n) is 5.44. The molecule has 0 saturated heterocycles. The first-order valence-corrected chi connectivity index (χ1v) is 7.09. The number of hydrogen-bond donors (Lipinski definition) is 2. The summed E-state index contributed by atoms with van der Waals surface area (Å²) in [7, 11) is 1.29. The number of methoxy groups -OCH3 is 1. The van der Waals surface area contributed by atoms with Crippen LogP contribution in [0.25, 0.3) is 0 Å². The zero-order valence-corrected chi connectivity index (χ0v) is 13.3. The number of benzene rings is 1. The molecule has 1 atom stereocenters. The fourth-order valence-electron chi connectivity index (χ4n) is 1.94. The first-order valence-electron chi connectivity index (χ1n) is 7.09. The van der Waals surface area contributed by atoms with E-state index in [1.165, 1.54) is 14.0 Å². The first kappa shape index (κ1) is 17.7. The molecule has 1 aromatic carbocycles. The van der Waals surface area contributed by atoms with Gasteiger partial charge in [0.1, 0.15) is 6.04 Å². The van der Waals surface area contributed by atoms with Crippen LogP contribution in [0.2, 0.25) is 0 Å². The third kappa shape index (κ3) is 5.55. The van der Waals surface area contributed by atoms with Crippen molar-refractivity contribution in [3.05, 3.63) is 29.8 Å². The van der Waals surface area contributed by atoms with Crippen molar-refractivity contribution in [2.75, 3.05) is 12.4 Å². The molecule has 0 aliphatic rings. The zero-order chi connectivity index (χ0) is 16.7. The molecular formula is C16H22N2O4. The summed E-state index contributed by atoms with van der Waals surface area (Å²) in [4.78, 5) is 34.8. The van der Waals surface area contributed by atoms with Crippen molar-refractivity contribution in [1.82, 2.24) is 5.32 Å². The number of anilines is 1. The predicted octanol–water partition coefficient (Wildman–Crippen LogP) is 2.60. The lowest BCUT2D eigenvalue weighted by Gasteiger charge is -2.18. The Balaban J connectivity index is 2.66. The Morgan fingerprint density at radius 1 is 1.14 bits per heavy atom. The van der Waals surface area contributed by atoms with Gasteiger partial charge in [-0.3, -0.25) is 4.79 Å². The van der Waals surface area contributed by atoms with Crippen LogP contribution in [0, 0.1) is 5.92 Å². The van der Waals surface area contributed by atoms with Gasteiger partial charge in [0, 0.05) is 11.3 Å². The van der Waals surface area contributed by atoms with Crippen LogP contribution >= 0.6 is 0 Å². The number of Topliss-reactive ketones (excluding diaryl/α,β-unsaturated/α-hetero) is 1. The molecule has 0 bridgehead atoms. The molecular weight excluding hydrogens is 284 g/mol. The molecule has 0 aliphatic carbocycles. The molecule has 2 amide bonds. The SMILES string of the molecule is COC(=O)[C@H](CC(C)C)NC(=O)Nc1ccc(C(C)=O)cc1. The summed E-state index contributed by atoms with van der Waals surface area (Å²) in [5.74, 6) is -0.284. The summed E-state index contributed by atoms with van der Waals surface area (Å²) in [5.41, 5.74) is 1.11. The predicted molar refractivity (Wildman–Crippen MR) is 83.9 cm³/mol. The highest BCUT2D eigenvalue weighted by atomic mass is 16.5. The van der Waals surface area contributed by atoms with Crippen molar-refractivity contribution < 1.29 is 19.1 Å². The van der Waals surface area contributed by atoms with E-state index >= 15 is 0 Å². The number of amides is 2. The van der Waals surface area contributed by atoms with Crippen molar-refractivity contribution in [3.8, 4) is 0 Å². The maximum atomic E-state index is 11.9. The van der Waals surface area contributed by atoms with E-state index in [0.29, 0.717) is 17.7 Å². The van der Waals surface area contributed by atoms with Gasteiger partial charge in [-0.15, -0.1) is 0 Å². The van der Waals surface area contributed by atoms with Gasteiger partial charge in [-0.1, -0.05) is 13.8 Å². The minimum atomic E-state index is -0.693. The highest BCUT2D eigenvalue weighted by Gasteiger charge is 2.22. The van der Waals surface area contributed by atoms with Crippen LogP contribution in [0.5, 0.6) is 0 Å². The number of esters is 1. The number of nitrogens with one attached hydrogen (secondary N) is 2. The van der Waals surface area contributed by atoms with Gasteiger partial charge in [0.2, 0.25) is 0 Å². The van der Waals surface area contributed by atoms with Crippen LogP contribution in [0.1, 0.15) is 37.6 Å². The Morgan fingerprint density at radius 3 is 2.18 bits per heavy atom. The topological polar surface area (TPSA) is 84.5 Å². The van der Waals surface area contributed by atoms with Crippen LogP contribution in [0.15, 0.2) is 24.3 Å². The van der Waals surface area contributed by atoms with Crippen molar-refractivity contribution in [3.63, 3.8) is 0 Å². The monoisotopic (exact) mass is 306 g/mol. The number of ether oxygens (including phenoxy) is 1. The summed E-state index contributed by atoms with van der Waals surface area (Å²) in [6.07, 6.45) is 0.489. The van der Waals surface area contributed by atoms with Gasteiger partial charge in [-0.05, 0) is 43.5 Å². The highest BCUT2D eigenvalue weighted by Crippen LogP contribution is 2.11. The second kappa shape index (κ2) is 8.17. The molecule has 0 fully saturated rings. The summed E-state index contributed by atoms with van der Waals surface area (Å²) < 4.78 is 4.69. The van der Waals surface area contributed by atoms with Crippen LogP contribution < -0.4 is 10.6 Å². The third-order valence-corrected chi connectivity index (χ3v) is 3.05. The van der Waals surface area contributed by atoms with E-state index in [1.807, 2.05) is 13.8 Å². The standard InChI is InChI=1S/C16H22N2O4/c1-10(2)9-14(15(20)22-4)18-16(21)17-13-7-5-12(6-8-13)11(3)19/h5-8,10,14H,9H2,1-4H3,(H2,17,18,21)/t14-/m0/s1. The maximum Gasteiger partial charge on any atom is 0.328 e. The summed E-state index contributed by atoms with van der Waals surface area (Å²) >= 11 is 0. The Hall–Kier alpha value is -2.37. The quantitative estimate of drug-likeness (QED) is 0.625. The van der Waals surface area contributed by atoms with E-state index in [9.17, 15) is 14.4 Å². The van der Waals surface area contributed by atoms with Gasteiger partial charge >= 0.3 is 12.0 Å². The normalized spacial score (nSPS) is 11.7. The molecule has 0 aliphatic heterocycles. The number of rotatable bonds is 6. The average Bonchev–Trinajstić information content (AvgIpc) is 2.45. The average molecular weight is 306 g/mol. The Bertz CT molecular complexity index is 538. The molecule has 0 aromatic heterocycles. The molecule has 1 rings (SSSR count). The number of carbonyl (C=O) groups is 3.